The number of nitrogens with zero attached hydrogens (tertiary/aromatic N) is 1. The third-order valence-corrected chi connectivity index (χ3v) is 1.90. The highest BCUT2D eigenvalue weighted by atomic mass is 16.5. The quantitative estimate of drug-likeness (QED) is 0.610. The molecule has 0 aliphatic rings. The predicted octanol–water partition coefficient (Wildman–Crippen LogP) is 1.25. The molecule has 0 bridgehead atoms. The van der Waals surface area contributed by atoms with Crippen molar-refractivity contribution in [3.63, 3.8) is 0 Å². The van der Waals surface area contributed by atoms with Crippen molar-refractivity contribution >= 4 is 12.3 Å². The molecule has 0 amide bonds. The van der Waals surface area contributed by atoms with E-state index in [0.717, 1.165) is 0 Å². The van der Waals surface area contributed by atoms with Gasteiger partial charge in [0.05, 0.1) is 23.3 Å². The predicted molar refractivity (Wildman–Crippen MR) is 54.2 cm³/mol. The Morgan fingerprint density at radius 3 is 2.81 bits per heavy atom. The highest BCUT2D eigenvalue weighted by molar-refractivity contribution is 5.93. The minimum Gasteiger partial charge on any atom is -0.506 e. The fourth-order valence-corrected chi connectivity index (χ4v) is 1.16. The SMILES string of the molecule is CCOC(=O)c1cc(C#N)c(O)c(C=O)c1. The van der Waals surface area contributed by atoms with Crippen LogP contribution in [0.25, 0.3) is 0 Å². The Morgan fingerprint density at radius 2 is 2.31 bits per heavy atom. The molecule has 1 aromatic rings. The Balaban J connectivity index is 3.28. The van der Waals surface area contributed by atoms with Crippen LogP contribution < -0.4 is 0 Å². The second-order valence-corrected chi connectivity index (χ2v) is 2.91. The Bertz CT molecular complexity index is 474. The van der Waals surface area contributed by atoms with Crippen molar-refractivity contribution in [2.75, 3.05) is 6.61 Å². The molecule has 5 nitrogen and oxygen atoms in total. The van der Waals surface area contributed by atoms with Crippen molar-refractivity contribution < 1.29 is 19.4 Å². The van der Waals surface area contributed by atoms with Gasteiger partial charge in [-0.1, -0.05) is 0 Å². The normalized spacial score (nSPS) is 9.25. The highest BCUT2D eigenvalue weighted by Gasteiger charge is 2.14. The van der Waals surface area contributed by atoms with E-state index < -0.39 is 11.7 Å². The number of nitriles is 1. The van der Waals surface area contributed by atoms with E-state index in [1.54, 1.807) is 13.0 Å². The maximum absolute atomic E-state index is 11.4. The molecule has 1 rings (SSSR count). The van der Waals surface area contributed by atoms with Crippen LogP contribution in [-0.2, 0) is 4.74 Å². The van der Waals surface area contributed by atoms with Crippen LogP contribution in [0.2, 0.25) is 0 Å². The first kappa shape index (κ1) is 11.7. The molecule has 1 N–H and O–H groups in total. The minimum atomic E-state index is -0.637. The molecule has 82 valence electrons. The second-order valence-electron chi connectivity index (χ2n) is 2.91. The summed E-state index contributed by atoms with van der Waals surface area (Å²) < 4.78 is 4.72. The van der Waals surface area contributed by atoms with Crippen LogP contribution in [0.1, 0.15) is 33.2 Å². The number of rotatable bonds is 3. The van der Waals surface area contributed by atoms with E-state index in [1.165, 1.54) is 12.1 Å². The maximum atomic E-state index is 11.4. The van der Waals surface area contributed by atoms with Gasteiger partial charge in [0, 0.05) is 0 Å². The highest BCUT2D eigenvalue weighted by Crippen LogP contribution is 2.23. The summed E-state index contributed by atoms with van der Waals surface area (Å²) in [6.07, 6.45) is 0.374. The van der Waals surface area contributed by atoms with Crippen LogP contribution in [0.4, 0.5) is 0 Å². The number of phenolic OH excluding ortho intramolecular Hbond substituents is 1. The number of benzene rings is 1. The summed E-state index contributed by atoms with van der Waals surface area (Å²) in [4.78, 5) is 22.0. The molecule has 0 saturated carbocycles. The van der Waals surface area contributed by atoms with E-state index in [-0.39, 0.29) is 23.3 Å². The molecule has 0 aromatic heterocycles. The third kappa shape index (κ3) is 2.17. The maximum Gasteiger partial charge on any atom is 0.338 e. The van der Waals surface area contributed by atoms with E-state index in [9.17, 15) is 14.7 Å². The first-order valence-corrected chi connectivity index (χ1v) is 4.53. The van der Waals surface area contributed by atoms with E-state index in [1.807, 2.05) is 0 Å². The summed E-state index contributed by atoms with van der Waals surface area (Å²) in [7, 11) is 0. The molecule has 0 fully saturated rings. The number of hydrogen-bond donors (Lipinski definition) is 1. The Morgan fingerprint density at radius 1 is 1.62 bits per heavy atom. The zero-order valence-corrected chi connectivity index (χ0v) is 8.56. The zero-order valence-electron chi connectivity index (χ0n) is 8.56. The molecule has 0 unspecified atom stereocenters. The summed E-state index contributed by atoms with van der Waals surface area (Å²) in [5.41, 5.74) is -0.173. The molecule has 5 heteroatoms. The van der Waals surface area contributed by atoms with E-state index in [0.29, 0.717) is 6.29 Å². The molecule has 16 heavy (non-hydrogen) atoms. The topological polar surface area (TPSA) is 87.4 Å². The van der Waals surface area contributed by atoms with Crippen LogP contribution in [0.5, 0.6) is 5.75 Å². The third-order valence-electron chi connectivity index (χ3n) is 1.90. The number of hydrogen-bond acceptors (Lipinski definition) is 5. The molecule has 0 aliphatic carbocycles. The van der Waals surface area contributed by atoms with E-state index in [2.05, 4.69) is 0 Å². The van der Waals surface area contributed by atoms with E-state index >= 15 is 0 Å². The van der Waals surface area contributed by atoms with Gasteiger partial charge in [-0.25, -0.2) is 4.79 Å². The molecule has 1 aromatic carbocycles. The lowest BCUT2D eigenvalue weighted by molar-refractivity contribution is 0.0526. The number of carbonyl (C=O) groups is 2. The lowest BCUT2D eigenvalue weighted by Gasteiger charge is -2.05. The fourth-order valence-electron chi connectivity index (χ4n) is 1.16. The van der Waals surface area contributed by atoms with Gasteiger partial charge in [-0.2, -0.15) is 5.26 Å². The van der Waals surface area contributed by atoms with Gasteiger partial charge >= 0.3 is 5.97 Å². The Hall–Kier alpha value is -2.35. The van der Waals surface area contributed by atoms with Crippen LogP contribution in [0, 0.1) is 11.3 Å². The van der Waals surface area contributed by atoms with Gasteiger partial charge in [-0.15, -0.1) is 0 Å². The van der Waals surface area contributed by atoms with E-state index in [4.69, 9.17) is 10.00 Å². The summed E-state index contributed by atoms with van der Waals surface area (Å²) in [5.74, 6) is -1.06. The molecule has 0 aliphatic heterocycles. The largest absolute Gasteiger partial charge is 0.506 e. The van der Waals surface area contributed by atoms with Crippen molar-refractivity contribution in [3.05, 3.63) is 28.8 Å². The Kier molecular flexibility index (Phi) is 3.62. The molecule has 0 radical (unpaired) electrons. The number of ether oxygens (including phenoxy) is 1. The van der Waals surface area contributed by atoms with Gasteiger partial charge in [-0.3, -0.25) is 4.79 Å². The molecular weight excluding hydrogens is 210 g/mol. The molecule has 0 heterocycles. The lowest BCUT2D eigenvalue weighted by Crippen LogP contribution is -2.06. The minimum absolute atomic E-state index is 0.0679. The first-order chi connectivity index (χ1) is 7.63. The van der Waals surface area contributed by atoms with Gasteiger partial charge in [0.1, 0.15) is 11.8 Å². The molecular formula is C11H9NO4. The lowest BCUT2D eigenvalue weighted by atomic mass is 10.1. The van der Waals surface area contributed by atoms with Gasteiger partial charge < -0.3 is 9.84 Å². The average molecular weight is 219 g/mol. The van der Waals surface area contributed by atoms with Crippen LogP contribution in [0.3, 0.4) is 0 Å². The number of carbonyl (C=O) groups excluding carboxylic acids is 2. The zero-order chi connectivity index (χ0) is 12.1. The standard InChI is InChI=1S/C11H9NO4/c1-2-16-11(15)7-3-8(5-12)10(14)9(4-7)6-13/h3-4,6,14H,2H2,1H3. The van der Waals surface area contributed by atoms with Crippen molar-refractivity contribution in [2.45, 2.75) is 6.92 Å². The number of aldehydes is 1. The summed E-state index contributed by atoms with van der Waals surface area (Å²) in [6.45, 7) is 1.84. The summed E-state index contributed by atoms with van der Waals surface area (Å²) in [5, 5.41) is 18.1. The van der Waals surface area contributed by atoms with Crippen LogP contribution >= 0.6 is 0 Å². The van der Waals surface area contributed by atoms with Crippen LogP contribution in [0.15, 0.2) is 12.1 Å². The van der Waals surface area contributed by atoms with Gasteiger partial charge in [0.15, 0.2) is 6.29 Å². The number of esters is 1. The number of phenols is 1. The second kappa shape index (κ2) is 4.94. The molecule has 0 saturated heterocycles. The average Bonchev–Trinajstić information content (AvgIpc) is 2.29. The summed E-state index contributed by atoms with van der Waals surface area (Å²) >= 11 is 0. The van der Waals surface area contributed by atoms with Crippen molar-refractivity contribution in [2.24, 2.45) is 0 Å². The first-order valence-electron chi connectivity index (χ1n) is 4.53. The van der Waals surface area contributed by atoms with Gasteiger partial charge in [-0.05, 0) is 19.1 Å². The van der Waals surface area contributed by atoms with Gasteiger partial charge in [0.25, 0.3) is 0 Å². The van der Waals surface area contributed by atoms with Crippen LogP contribution in [-0.4, -0.2) is 24.0 Å². The number of aromatic hydroxyl groups is 1. The van der Waals surface area contributed by atoms with Crippen molar-refractivity contribution in [3.8, 4) is 11.8 Å². The monoisotopic (exact) mass is 219 g/mol. The smallest absolute Gasteiger partial charge is 0.338 e. The molecule has 0 atom stereocenters. The Labute approximate surface area is 91.9 Å². The fraction of sp³-hybridized carbons (Fsp3) is 0.182. The molecule has 0 spiro atoms. The van der Waals surface area contributed by atoms with Crippen molar-refractivity contribution in [1.82, 2.24) is 0 Å². The van der Waals surface area contributed by atoms with Gasteiger partial charge in [0.2, 0.25) is 0 Å². The summed E-state index contributed by atoms with van der Waals surface area (Å²) in [6, 6.07) is 4.05. The van der Waals surface area contributed by atoms with Crippen molar-refractivity contribution in [1.29, 1.82) is 5.26 Å².